The molecule has 1 aliphatic carbocycles. The molecule has 88 valence electrons. The summed E-state index contributed by atoms with van der Waals surface area (Å²) in [5, 5.41) is 18.5. The Hall–Kier alpha value is -2.87. The zero-order chi connectivity index (χ0) is 13.3. The van der Waals surface area contributed by atoms with E-state index in [-0.39, 0.29) is 16.7 Å². The molecular weight excluding hydrogens is 232 g/mol. The van der Waals surface area contributed by atoms with Gasteiger partial charge in [-0.1, -0.05) is 24.3 Å². The molecule has 0 spiro atoms. The highest BCUT2D eigenvalue weighted by atomic mass is 16.3. The Morgan fingerprint density at radius 2 is 1.89 bits per heavy atom. The van der Waals surface area contributed by atoms with Crippen molar-refractivity contribution in [3.05, 3.63) is 52.8 Å². The van der Waals surface area contributed by atoms with E-state index in [9.17, 15) is 14.7 Å². The van der Waals surface area contributed by atoms with Crippen LogP contribution >= 0.6 is 0 Å². The fraction of sp³-hybridized carbons (Fsp3) is 0. The van der Waals surface area contributed by atoms with Crippen molar-refractivity contribution in [1.82, 2.24) is 0 Å². The Balaban J connectivity index is 2.82. The van der Waals surface area contributed by atoms with Gasteiger partial charge in [0.25, 0.3) is 5.91 Å². The number of fused-ring (bicyclic) bond motifs is 1. The summed E-state index contributed by atoms with van der Waals surface area (Å²) in [5.74, 6) is -1.96. The first-order chi connectivity index (χ1) is 8.56. The second-order valence-electron chi connectivity index (χ2n) is 3.67. The van der Waals surface area contributed by atoms with Crippen LogP contribution in [-0.4, -0.2) is 16.8 Å². The highest BCUT2D eigenvalue weighted by Crippen LogP contribution is 2.30. The number of primary amides is 1. The minimum atomic E-state index is -0.902. The Labute approximate surface area is 102 Å². The smallest absolute Gasteiger partial charge is 0.259 e. The molecule has 0 aromatic heterocycles. The minimum Gasteiger partial charge on any atom is -0.504 e. The molecule has 5 nitrogen and oxygen atoms in total. The highest BCUT2D eigenvalue weighted by molar-refractivity contribution is 6.17. The largest absolute Gasteiger partial charge is 0.504 e. The Morgan fingerprint density at radius 1 is 1.28 bits per heavy atom. The maximum absolute atomic E-state index is 11.7. The van der Waals surface area contributed by atoms with Crippen LogP contribution in [0, 0.1) is 11.3 Å². The molecule has 5 heteroatoms. The molecule has 2 rings (SSSR count). The number of Topliss-reactive ketones (excluding diaryl/α,β-unsaturated/α-hetero) is 1. The van der Waals surface area contributed by atoms with E-state index in [1.165, 1.54) is 6.07 Å². The van der Waals surface area contributed by atoms with Gasteiger partial charge in [0.2, 0.25) is 5.78 Å². The third kappa shape index (κ3) is 1.66. The van der Waals surface area contributed by atoms with Gasteiger partial charge in [-0.3, -0.25) is 9.59 Å². The van der Waals surface area contributed by atoms with E-state index in [1.54, 1.807) is 24.3 Å². The van der Waals surface area contributed by atoms with Crippen molar-refractivity contribution >= 4 is 17.3 Å². The van der Waals surface area contributed by atoms with Crippen LogP contribution in [0.5, 0.6) is 0 Å². The topological polar surface area (TPSA) is 104 Å². The summed E-state index contributed by atoms with van der Waals surface area (Å²) in [5.41, 5.74) is 5.62. The molecule has 0 saturated carbocycles. The van der Waals surface area contributed by atoms with Crippen LogP contribution in [0.25, 0.3) is 5.57 Å². The highest BCUT2D eigenvalue weighted by Gasteiger charge is 2.25. The zero-order valence-corrected chi connectivity index (χ0v) is 9.18. The normalized spacial score (nSPS) is 16.4. The van der Waals surface area contributed by atoms with Crippen LogP contribution in [0.1, 0.15) is 15.9 Å². The number of allylic oxidation sites excluding steroid dienone is 3. The number of carbonyl (C=O) groups excluding carboxylic acids is 2. The molecule has 1 aromatic carbocycles. The van der Waals surface area contributed by atoms with Gasteiger partial charge in [-0.25, -0.2) is 0 Å². The number of aliphatic hydroxyl groups excluding tert-OH is 1. The van der Waals surface area contributed by atoms with Crippen molar-refractivity contribution < 1.29 is 14.7 Å². The first-order valence-electron chi connectivity index (χ1n) is 5.05. The second kappa shape index (κ2) is 4.18. The number of hydrogen-bond acceptors (Lipinski definition) is 4. The Morgan fingerprint density at radius 3 is 2.44 bits per heavy atom. The molecule has 1 aliphatic rings. The van der Waals surface area contributed by atoms with E-state index in [1.807, 2.05) is 0 Å². The molecule has 18 heavy (non-hydrogen) atoms. The molecule has 0 heterocycles. The van der Waals surface area contributed by atoms with Gasteiger partial charge in [-0.05, 0) is 11.6 Å². The van der Waals surface area contributed by atoms with E-state index in [0.717, 1.165) is 6.08 Å². The third-order valence-electron chi connectivity index (χ3n) is 2.60. The van der Waals surface area contributed by atoms with Gasteiger partial charge >= 0.3 is 0 Å². The van der Waals surface area contributed by atoms with Crippen LogP contribution in [0.15, 0.2) is 41.7 Å². The van der Waals surface area contributed by atoms with E-state index in [2.05, 4.69) is 0 Å². The number of hydrogen-bond donors (Lipinski definition) is 2. The molecule has 0 atom stereocenters. The molecule has 3 N–H and O–H groups in total. The van der Waals surface area contributed by atoms with Crippen molar-refractivity contribution in [3.63, 3.8) is 0 Å². The van der Waals surface area contributed by atoms with Gasteiger partial charge in [0.1, 0.15) is 11.6 Å². The fourth-order valence-electron chi connectivity index (χ4n) is 1.79. The maximum atomic E-state index is 11.7. The summed E-state index contributed by atoms with van der Waals surface area (Å²) in [4.78, 5) is 22.9. The first-order valence-corrected chi connectivity index (χ1v) is 5.05. The van der Waals surface area contributed by atoms with Crippen molar-refractivity contribution in [3.8, 4) is 6.07 Å². The average molecular weight is 240 g/mol. The summed E-state index contributed by atoms with van der Waals surface area (Å²) >= 11 is 0. The number of benzene rings is 1. The van der Waals surface area contributed by atoms with Crippen LogP contribution < -0.4 is 5.73 Å². The standard InChI is InChI=1S/C13H8N2O3/c14-6-10(13(15)18)9-5-11(16)12(17)8-4-2-1-3-7(8)9/h1-5,16H,(H2,15,18). The van der Waals surface area contributed by atoms with Gasteiger partial charge in [0.15, 0.2) is 5.76 Å². The molecule has 0 bridgehead atoms. The molecule has 0 radical (unpaired) electrons. The fourth-order valence-corrected chi connectivity index (χ4v) is 1.79. The van der Waals surface area contributed by atoms with Crippen molar-refractivity contribution in [2.24, 2.45) is 5.73 Å². The lowest BCUT2D eigenvalue weighted by atomic mass is 9.88. The SMILES string of the molecule is N#CC(C(N)=O)=C1C=C(O)C(=O)c2ccccc21. The first kappa shape index (κ1) is 11.6. The predicted molar refractivity (Wildman–Crippen MR) is 63.2 cm³/mol. The number of aliphatic hydroxyl groups is 1. The minimum absolute atomic E-state index is 0.165. The van der Waals surface area contributed by atoms with Crippen LogP contribution in [0.2, 0.25) is 0 Å². The summed E-state index contributed by atoms with van der Waals surface area (Å²) in [6, 6.07) is 8.08. The van der Waals surface area contributed by atoms with Gasteiger partial charge in [0, 0.05) is 11.1 Å². The van der Waals surface area contributed by atoms with Crippen LogP contribution in [0.3, 0.4) is 0 Å². The Bertz CT molecular complexity index is 663. The summed E-state index contributed by atoms with van der Waals surface area (Å²) in [7, 11) is 0. The average Bonchev–Trinajstić information content (AvgIpc) is 2.36. The number of rotatable bonds is 1. The van der Waals surface area contributed by atoms with E-state index >= 15 is 0 Å². The predicted octanol–water partition coefficient (Wildman–Crippen LogP) is 1.09. The lowest BCUT2D eigenvalue weighted by Gasteiger charge is -2.15. The van der Waals surface area contributed by atoms with E-state index < -0.39 is 17.4 Å². The molecule has 0 aliphatic heterocycles. The molecule has 0 unspecified atom stereocenters. The lowest BCUT2D eigenvalue weighted by Crippen LogP contribution is -2.18. The zero-order valence-electron chi connectivity index (χ0n) is 9.18. The summed E-state index contributed by atoms with van der Waals surface area (Å²) in [6.45, 7) is 0. The van der Waals surface area contributed by atoms with Crippen molar-refractivity contribution in [1.29, 1.82) is 5.26 Å². The van der Waals surface area contributed by atoms with Gasteiger partial charge in [0.05, 0.1) is 0 Å². The number of nitrogens with zero attached hydrogens (tertiary/aromatic N) is 1. The molecule has 1 aromatic rings. The van der Waals surface area contributed by atoms with Crippen LogP contribution in [0.4, 0.5) is 0 Å². The summed E-state index contributed by atoms with van der Waals surface area (Å²) in [6.07, 6.45) is 1.09. The maximum Gasteiger partial charge on any atom is 0.259 e. The van der Waals surface area contributed by atoms with E-state index in [4.69, 9.17) is 11.0 Å². The van der Waals surface area contributed by atoms with Crippen molar-refractivity contribution in [2.45, 2.75) is 0 Å². The number of nitrogens with two attached hydrogens (primary N) is 1. The van der Waals surface area contributed by atoms with Crippen LogP contribution in [-0.2, 0) is 4.79 Å². The second-order valence-corrected chi connectivity index (χ2v) is 3.67. The molecule has 0 fully saturated rings. The van der Waals surface area contributed by atoms with E-state index in [0.29, 0.717) is 5.56 Å². The van der Waals surface area contributed by atoms with Gasteiger partial charge in [-0.15, -0.1) is 0 Å². The molecular formula is C13H8N2O3. The number of carbonyl (C=O) groups is 2. The quantitative estimate of drug-likeness (QED) is 0.566. The van der Waals surface area contributed by atoms with Crippen molar-refractivity contribution in [2.75, 3.05) is 0 Å². The third-order valence-corrected chi connectivity index (χ3v) is 2.60. The lowest BCUT2D eigenvalue weighted by molar-refractivity contribution is -0.114. The summed E-state index contributed by atoms with van der Waals surface area (Å²) < 4.78 is 0. The van der Waals surface area contributed by atoms with Gasteiger partial charge < -0.3 is 10.8 Å². The molecule has 0 saturated heterocycles. The van der Waals surface area contributed by atoms with Gasteiger partial charge in [-0.2, -0.15) is 5.26 Å². The monoisotopic (exact) mass is 240 g/mol. The molecule has 1 amide bonds. The number of nitriles is 1. The Kier molecular flexibility index (Phi) is 2.70. The number of amides is 1. The number of ketones is 1.